The van der Waals surface area contributed by atoms with Crippen molar-refractivity contribution in [1.82, 2.24) is 4.98 Å². The Morgan fingerprint density at radius 1 is 1.19 bits per heavy atom. The van der Waals surface area contributed by atoms with Gasteiger partial charge in [-0.1, -0.05) is 30.4 Å². The maximum atomic E-state index is 12.6. The minimum Gasteiger partial charge on any atom is -0.298 e. The number of anilines is 2. The summed E-state index contributed by atoms with van der Waals surface area (Å²) in [4.78, 5) is 17.1. The van der Waals surface area contributed by atoms with Crippen LogP contribution in [0.2, 0.25) is 0 Å². The molecule has 0 saturated heterocycles. The molecule has 0 aliphatic carbocycles. The molecule has 0 radical (unpaired) electrons. The lowest BCUT2D eigenvalue weighted by Gasteiger charge is -2.08. The quantitative estimate of drug-likeness (QED) is 0.642. The smallest absolute Gasteiger partial charge is 0.257 e. The van der Waals surface area contributed by atoms with Crippen LogP contribution in [-0.2, 0) is 10.0 Å². The van der Waals surface area contributed by atoms with Crippen LogP contribution in [0.1, 0.15) is 34.8 Å². The molecule has 8 heteroatoms. The van der Waals surface area contributed by atoms with Gasteiger partial charge in [0.1, 0.15) is 0 Å². The molecule has 6 nitrogen and oxygen atoms in total. The van der Waals surface area contributed by atoms with E-state index in [0.717, 1.165) is 21.3 Å². The first-order valence-corrected chi connectivity index (χ1v) is 11.0. The molecule has 0 aliphatic rings. The van der Waals surface area contributed by atoms with Crippen molar-refractivity contribution in [3.8, 4) is 0 Å². The molecule has 2 N–H and O–H groups in total. The molecular formula is C19H21N3O3S2. The van der Waals surface area contributed by atoms with E-state index < -0.39 is 10.0 Å². The van der Waals surface area contributed by atoms with E-state index in [1.165, 1.54) is 17.4 Å². The lowest BCUT2D eigenvalue weighted by Crippen LogP contribution is -2.17. The Labute approximate surface area is 162 Å². The number of benzene rings is 2. The molecule has 0 fully saturated rings. The second-order valence-electron chi connectivity index (χ2n) is 6.40. The normalized spacial score (nSPS) is 11.5. The third-order valence-corrected chi connectivity index (χ3v) is 6.33. The summed E-state index contributed by atoms with van der Waals surface area (Å²) in [5.41, 5.74) is 3.82. The first-order valence-electron chi connectivity index (χ1n) is 8.57. The number of nitrogens with one attached hydrogen (secondary N) is 2. The van der Waals surface area contributed by atoms with Gasteiger partial charge in [0.05, 0.1) is 16.0 Å². The van der Waals surface area contributed by atoms with Gasteiger partial charge in [0.25, 0.3) is 5.91 Å². The number of hydrogen-bond acceptors (Lipinski definition) is 5. The van der Waals surface area contributed by atoms with Crippen LogP contribution in [0, 0.1) is 13.8 Å². The van der Waals surface area contributed by atoms with Gasteiger partial charge in [0.15, 0.2) is 5.13 Å². The van der Waals surface area contributed by atoms with Gasteiger partial charge < -0.3 is 0 Å². The molecule has 0 atom stereocenters. The van der Waals surface area contributed by atoms with Crippen molar-refractivity contribution < 1.29 is 13.2 Å². The summed E-state index contributed by atoms with van der Waals surface area (Å²) in [6.45, 7) is 5.81. The fraction of sp³-hybridized carbons (Fsp3) is 0.263. The number of thiazole rings is 1. The molecule has 0 spiro atoms. The lowest BCUT2D eigenvalue weighted by molar-refractivity contribution is 0.102. The van der Waals surface area contributed by atoms with Crippen LogP contribution >= 0.6 is 11.3 Å². The lowest BCUT2D eigenvalue weighted by atomic mass is 10.1. The highest BCUT2D eigenvalue weighted by molar-refractivity contribution is 7.92. The summed E-state index contributed by atoms with van der Waals surface area (Å²) in [6.07, 6.45) is 0.520. The highest BCUT2D eigenvalue weighted by Gasteiger charge is 2.14. The maximum absolute atomic E-state index is 12.6. The molecule has 0 saturated carbocycles. The minimum atomic E-state index is -3.40. The Balaban J connectivity index is 1.80. The molecular weight excluding hydrogens is 382 g/mol. The number of rotatable bonds is 6. The third kappa shape index (κ3) is 4.64. The number of aromatic nitrogens is 1. The number of sulfonamides is 1. The van der Waals surface area contributed by atoms with Crippen molar-refractivity contribution in [2.45, 2.75) is 27.2 Å². The molecule has 0 aliphatic heterocycles. The van der Waals surface area contributed by atoms with Gasteiger partial charge in [0, 0.05) is 11.3 Å². The van der Waals surface area contributed by atoms with Crippen LogP contribution < -0.4 is 10.0 Å². The molecule has 1 amide bonds. The molecule has 1 heterocycles. The topological polar surface area (TPSA) is 88.2 Å². The van der Waals surface area contributed by atoms with Crippen LogP contribution in [0.15, 0.2) is 36.4 Å². The van der Waals surface area contributed by atoms with Gasteiger partial charge in [-0.25, -0.2) is 13.4 Å². The summed E-state index contributed by atoms with van der Waals surface area (Å²) >= 11 is 1.41. The predicted molar refractivity (Wildman–Crippen MR) is 111 cm³/mol. The largest absolute Gasteiger partial charge is 0.298 e. The fourth-order valence-corrected chi connectivity index (χ4v) is 4.98. The van der Waals surface area contributed by atoms with E-state index in [4.69, 9.17) is 0 Å². The maximum Gasteiger partial charge on any atom is 0.257 e. The number of amides is 1. The molecule has 2 aromatic carbocycles. The third-order valence-electron chi connectivity index (χ3n) is 3.92. The summed E-state index contributed by atoms with van der Waals surface area (Å²) < 4.78 is 27.3. The summed E-state index contributed by atoms with van der Waals surface area (Å²) in [5, 5.41) is 3.32. The van der Waals surface area contributed by atoms with Gasteiger partial charge in [0.2, 0.25) is 10.0 Å². The Hall–Kier alpha value is -2.45. The van der Waals surface area contributed by atoms with E-state index in [0.29, 0.717) is 22.8 Å². The van der Waals surface area contributed by atoms with Crippen molar-refractivity contribution in [2.75, 3.05) is 15.8 Å². The first-order chi connectivity index (χ1) is 12.8. The van der Waals surface area contributed by atoms with Gasteiger partial charge >= 0.3 is 0 Å². The number of carbonyl (C=O) groups excluding carboxylic acids is 1. The average molecular weight is 404 g/mol. The Morgan fingerprint density at radius 3 is 2.70 bits per heavy atom. The van der Waals surface area contributed by atoms with Crippen LogP contribution in [0.5, 0.6) is 0 Å². The molecule has 1 aromatic heterocycles. The standard InChI is InChI=1S/C19H21N3O3S2/c1-4-8-27(24,25)22-15-7-5-6-14(11-15)18(23)21-19-20-17-13(3)9-12(2)10-16(17)26-19/h5-7,9-11,22H,4,8H2,1-3H3,(H,20,21,23). The van der Waals surface area contributed by atoms with Crippen molar-refractivity contribution in [3.63, 3.8) is 0 Å². The summed E-state index contributed by atoms with van der Waals surface area (Å²) in [5.74, 6) is -0.298. The number of hydrogen-bond donors (Lipinski definition) is 2. The zero-order chi connectivity index (χ0) is 19.6. The second-order valence-corrected chi connectivity index (χ2v) is 9.28. The van der Waals surface area contributed by atoms with E-state index in [-0.39, 0.29) is 11.7 Å². The molecule has 142 valence electrons. The molecule has 3 aromatic rings. The fourth-order valence-electron chi connectivity index (χ4n) is 2.82. The Kier molecular flexibility index (Phi) is 5.48. The van der Waals surface area contributed by atoms with Crippen molar-refractivity contribution in [1.29, 1.82) is 0 Å². The SMILES string of the molecule is CCCS(=O)(=O)Nc1cccc(C(=O)Nc2nc3c(C)cc(C)cc3s2)c1. The number of fused-ring (bicyclic) bond motifs is 1. The van der Waals surface area contributed by atoms with Crippen LogP contribution in [0.25, 0.3) is 10.2 Å². The van der Waals surface area contributed by atoms with E-state index in [9.17, 15) is 13.2 Å². The van der Waals surface area contributed by atoms with Crippen LogP contribution in [0.4, 0.5) is 10.8 Å². The predicted octanol–water partition coefficient (Wildman–Crippen LogP) is 4.32. The zero-order valence-electron chi connectivity index (χ0n) is 15.4. The first kappa shape index (κ1) is 19.3. The Bertz CT molecular complexity index is 1100. The molecule has 0 unspecified atom stereocenters. The zero-order valence-corrected chi connectivity index (χ0v) is 17.0. The van der Waals surface area contributed by atoms with E-state index >= 15 is 0 Å². The summed E-state index contributed by atoms with van der Waals surface area (Å²) in [6, 6.07) is 10.5. The van der Waals surface area contributed by atoms with Crippen LogP contribution in [-0.4, -0.2) is 25.1 Å². The van der Waals surface area contributed by atoms with E-state index in [1.54, 1.807) is 25.1 Å². The van der Waals surface area contributed by atoms with Crippen LogP contribution in [0.3, 0.4) is 0 Å². The average Bonchev–Trinajstić information content (AvgIpc) is 2.97. The molecule has 0 bridgehead atoms. The summed E-state index contributed by atoms with van der Waals surface area (Å²) in [7, 11) is -3.40. The Morgan fingerprint density at radius 2 is 1.96 bits per heavy atom. The van der Waals surface area contributed by atoms with Crippen molar-refractivity contribution >= 4 is 48.3 Å². The van der Waals surface area contributed by atoms with Gasteiger partial charge in [-0.05, 0) is 55.7 Å². The van der Waals surface area contributed by atoms with Gasteiger partial charge in [-0.15, -0.1) is 0 Å². The minimum absolute atomic E-state index is 0.0356. The molecule has 27 heavy (non-hydrogen) atoms. The van der Waals surface area contributed by atoms with E-state index in [1.807, 2.05) is 19.9 Å². The monoisotopic (exact) mass is 403 g/mol. The number of carbonyl (C=O) groups is 1. The second kappa shape index (κ2) is 7.66. The van der Waals surface area contributed by atoms with Crippen molar-refractivity contribution in [2.24, 2.45) is 0 Å². The number of nitrogens with zero attached hydrogens (tertiary/aromatic N) is 1. The highest BCUT2D eigenvalue weighted by atomic mass is 32.2. The highest BCUT2D eigenvalue weighted by Crippen LogP contribution is 2.29. The van der Waals surface area contributed by atoms with Gasteiger partial charge in [-0.3, -0.25) is 14.8 Å². The molecule has 3 rings (SSSR count). The van der Waals surface area contributed by atoms with Crippen molar-refractivity contribution in [3.05, 3.63) is 53.1 Å². The van der Waals surface area contributed by atoms with E-state index in [2.05, 4.69) is 21.1 Å². The number of aryl methyl sites for hydroxylation is 2. The van der Waals surface area contributed by atoms with Gasteiger partial charge in [-0.2, -0.15) is 0 Å².